The van der Waals surface area contributed by atoms with E-state index < -0.39 is 0 Å². The van der Waals surface area contributed by atoms with Gasteiger partial charge in [-0.15, -0.1) is 0 Å². The third-order valence-electron chi connectivity index (χ3n) is 1.81. The summed E-state index contributed by atoms with van der Waals surface area (Å²) in [5, 5.41) is 13.8. The van der Waals surface area contributed by atoms with E-state index in [4.69, 9.17) is 5.02 Å². The lowest BCUT2D eigenvalue weighted by Crippen LogP contribution is -2.26. The van der Waals surface area contributed by atoms with E-state index in [0.29, 0.717) is 11.0 Å². The average Bonchev–Trinajstić information content (AvgIpc) is 2.29. The van der Waals surface area contributed by atoms with Gasteiger partial charge < -0.3 is 10.3 Å². The van der Waals surface area contributed by atoms with Crippen molar-refractivity contribution >= 4 is 18.9 Å². The summed E-state index contributed by atoms with van der Waals surface area (Å²) in [5.74, 6) is -0.261. The van der Waals surface area contributed by atoms with Crippen LogP contribution in [0.2, 0.25) is 0 Å². The van der Waals surface area contributed by atoms with Crippen LogP contribution in [-0.4, -0.2) is 31.5 Å². The topological polar surface area (TPSA) is 78.8 Å². The summed E-state index contributed by atoms with van der Waals surface area (Å²) in [5.41, 5.74) is 1.10. The van der Waals surface area contributed by atoms with Gasteiger partial charge in [-0.05, 0) is 12.1 Å². The fourth-order valence-electron chi connectivity index (χ4n) is 1.04. The predicted octanol–water partition coefficient (Wildman–Crippen LogP) is -0.580. The van der Waals surface area contributed by atoms with Gasteiger partial charge in [0, 0.05) is 12.1 Å². The zero-order valence-electron chi connectivity index (χ0n) is 8.01. The zero-order chi connectivity index (χ0) is 11.1. The Morgan fingerprint density at radius 3 is 2.60 bits per heavy atom. The van der Waals surface area contributed by atoms with Crippen molar-refractivity contribution < 1.29 is 9.82 Å². The zero-order valence-corrected chi connectivity index (χ0v) is 8.01. The van der Waals surface area contributed by atoms with Crippen LogP contribution in [0.25, 0.3) is 0 Å². The first-order valence-electron chi connectivity index (χ1n) is 4.42. The van der Waals surface area contributed by atoms with E-state index >= 15 is 0 Å². The van der Waals surface area contributed by atoms with Crippen LogP contribution in [0.15, 0.2) is 29.4 Å². The minimum absolute atomic E-state index is 0.0637. The number of hydrogen-bond donors (Lipinski definition) is 2. The molecule has 0 aliphatic heterocycles. The Morgan fingerprint density at radius 1 is 1.40 bits per heavy atom. The van der Waals surface area contributed by atoms with Gasteiger partial charge >= 0.3 is 7.48 Å². The van der Waals surface area contributed by atoms with Gasteiger partial charge in [0.1, 0.15) is 0 Å². The summed E-state index contributed by atoms with van der Waals surface area (Å²) in [6.45, 7) is 0.296. The van der Waals surface area contributed by atoms with Crippen LogP contribution in [-0.2, 0) is 0 Å². The second-order valence-corrected chi connectivity index (χ2v) is 2.86. The highest BCUT2D eigenvalue weighted by Crippen LogP contribution is 1.95. The van der Waals surface area contributed by atoms with E-state index in [1.165, 1.54) is 0 Å². The molecule has 0 saturated heterocycles. The van der Waals surface area contributed by atoms with Gasteiger partial charge in [-0.1, -0.05) is 22.8 Å². The number of rotatable bonds is 5. The lowest BCUT2D eigenvalue weighted by Gasteiger charge is -2.02. The van der Waals surface area contributed by atoms with Gasteiger partial charge in [0.05, 0.1) is 6.54 Å². The van der Waals surface area contributed by atoms with E-state index in [1.54, 1.807) is 24.3 Å². The minimum Gasteiger partial charge on any atom is -0.450 e. The SMILES string of the molecule is O=NCCNC(=O)c1ccc([B]O)cc1. The third-order valence-corrected chi connectivity index (χ3v) is 1.81. The smallest absolute Gasteiger partial charge is 0.326 e. The van der Waals surface area contributed by atoms with Crippen LogP contribution >= 0.6 is 0 Å². The van der Waals surface area contributed by atoms with Crippen molar-refractivity contribution in [2.45, 2.75) is 0 Å². The Bertz CT molecular complexity index is 340. The molecule has 6 heteroatoms. The number of carbonyl (C=O) groups is 1. The van der Waals surface area contributed by atoms with Gasteiger partial charge in [-0.25, -0.2) is 0 Å². The van der Waals surface area contributed by atoms with Gasteiger partial charge in [0.2, 0.25) is 0 Å². The number of nitrogens with zero attached hydrogens (tertiary/aromatic N) is 1. The van der Waals surface area contributed by atoms with Crippen molar-refractivity contribution in [2.24, 2.45) is 5.18 Å². The van der Waals surface area contributed by atoms with Crippen molar-refractivity contribution in [2.75, 3.05) is 13.1 Å². The number of benzene rings is 1. The van der Waals surface area contributed by atoms with Gasteiger partial charge in [-0.3, -0.25) is 4.79 Å². The summed E-state index contributed by atoms with van der Waals surface area (Å²) in [4.78, 5) is 21.2. The summed E-state index contributed by atoms with van der Waals surface area (Å²) < 4.78 is 0. The molecule has 0 aliphatic carbocycles. The highest BCUT2D eigenvalue weighted by Gasteiger charge is 2.04. The molecule has 5 nitrogen and oxygen atoms in total. The maximum Gasteiger partial charge on any atom is 0.326 e. The Hall–Kier alpha value is -1.69. The van der Waals surface area contributed by atoms with Crippen LogP contribution < -0.4 is 10.8 Å². The lowest BCUT2D eigenvalue weighted by molar-refractivity contribution is 0.0955. The molecule has 1 aromatic rings. The number of hydrogen-bond acceptors (Lipinski definition) is 4. The minimum atomic E-state index is -0.261. The molecule has 0 fully saturated rings. The molecule has 1 aromatic carbocycles. The van der Waals surface area contributed by atoms with Crippen LogP contribution in [0.4, 0.5) is 0 Å². The molecule has 1 radical (unpaired) electrons. The first-order chi connectivity index (χ1) is 7.27. The molecule has 0 unspecified atom stereocenters. The molecule has 0 aliphatic rings. The molecule has 0 heterocycles. The number of amides is 1. The predicted molar refractivity (Wildman–Crippen MR) is 57.0 cm³/mol. The monoisotopic (exact) mass is 205 g/mol. The maximum atomic E-state index is 11.4. The van der Waals surface area contributed by atoms with Crippen LogP contribution in [0, 0.1) is 4.91 Å². The average molecular weight is 205 g/mol. The Labute approximate surface area is 87.7 Å². The van der Waals surface area contributed by atoms with Gasteiger partial charge in [0.25, 0.3) is 5.91 Å². The third kappa shape index (κ3) is 3.51. The van der Waals surface area contributed by atoms with Crippen LogP contribution in [0.1, 0.15) is 10.4 Å². The summed E-state index contributed by atoms with van der Waals surface area (Å²) in [7, 11) is 0.956. The molecule has 0 aromatic heterocycles. The molecular weight excluding hydrogens is 195 g/mol. The van der Waals surface area contributed by atoms with Crippen molar-refractivity contribution in [1.29, 1.82) is 0 Å². The Kier molecular flexibility index (Phi) is 4.50. The summed E-state index contributed by atoms with van der Waals surface area (Å²) in [6.07, 6.45) is 0. The molecule has 1 rings (SSSR count). The lowest BCUT2D eigenvalue weighted by atomic mass is 9.88. The molecule has 0 atom stereocenters. The van der Waals surface area contributed by atoms with Gasteiger partial charge in [-0.2, -0.15) is 4.91 Å². The fourth-order valence-corrected chi connectivity index (χ4v) is 1.04. The number of nitroso groups, excluding NO2 is 1. The van der Waals surface area contributed by atoms with Gasteiger partial charge in [0.15, 0.2) is 0 Å². The van der Waals surface area contributed by atoms with Crippen LogP contribution in [0.5, 0.6) is 0 Å². The second kappa shape index (κ2) is 5.92. The van der Waals surface area contributed by atoms with E-state index in [2.05, 4.69) is 10.5 Å². The molecule has 0 saturated carbocycles. The summed E-state index contributed by atoms with van der Waals surface area (Å²) in [6, 6.07) is 6.41. The van der Waals surface area contributed by atoms with E-state index in [-0.39, 0.29) is 19.0 Å². The first kappa shape index (κ1) is 11.4. The number of carbonyl (C=O) groups excluding carboxylic acids is 1. The maximum absolute atomic E-state index is 11.4. The van der Waals surface area contributed by atoms with E-state index in [9.17, 15) is 9.70 Å². The normalized spacial score (nSPS) is 9.40. The number of nitrogens with one attached hydrogen (secondary N) is 1. The summed E-state index contributed by atoms with van der Waals surface area (Å²) >= 11 is 0. The molecule has 2 N–H and O–H groups in total. The van der Waals surface area contributed by atoms with Crippen molar-refractivity contribution in [3.63, 3.8) is 0 Å². The highest BCUT2D eigenvalue weighted by molar-refractivity contribution is 6.45. The van der Waals surface area contributed by atoms with Crippen molar-refractivity contribution in [3.8, 4) is 0 Å². The Morgan fingerprint density at radius 2 is 2.07 bits per heavy atom. The van der Waals surface area contributed by atoms with Crippen LogP contribution in [0.3, 0.4) is 0 Å². The first-order valence-corrected chi connectivity index (χ1v) is 4.42. The molecule has 1 amide bonds. The molecule has 0 spiro atoms. The second-order valence-electron chi connectivity index (χ2n) is 2.86. The molecule has 0 bridgehead atoms. The standard InChI is InChI=1S/C9H10BN2O3/c13-9(11-5-6-12-15)7-1-3-8(10-14)4-2-7/h1-4,14H,5-6H2,(H,11,13). The largest absolute Gasteiger partial charge is 0.450 e. The van der Waals surface area contributed by atoms with Crippen molar-refractivity contribution in [3.05, 3.63) is 34.7 Å². The quantitative estimate of drug-likeness (QED) is 0.383. The molecular formula is C9H10BN2O3. The fraction of sp³-hybridized carbons (Fsp3) is 0.222. The molecule has 77 valence electrons. The van der Waals surface area contributed by atoms with E-state index in [0.717, 1.165) is 7.48 Å². The highest BCUT2D eigenvalue weighted by atomic mass is 16.3. The Balaban J connectivity index is 2.54. The molecule has 15 heavy (non-hydrogen) atoms. The van der Waals surface area contributed by atoms with Crippen molar-refractivity contribution in [1.82, 2.24) is 5.32 Å². The van der Waals surface area contributed by atoms with E-state index in [1.807, 2.05) is 0 Å².